The fraction of sp³-hybridized carbons (Fsp3) is 0.0625. The molecule has 0 fully saturated rings. The van der Waals surface area contributed by atoms with Crippen LogP contribution in [0.1, 0.15) is 11.3 Å². The molecule has 3 aromatic rings. The number of nitrogens with two attached hydrogens (primary N) is 1. The van der Waals surface area contributed by atoms with Crippen LogP contribution in [0.2, 0.25) is 0 Å². The highest BCUT2D eigenvalue weighted by molar-refractivity contribution is 5.64. The number of rotatable bonds is 2. The summed E-state index contributed by atoms with van der Waals surface area (Å²) in [6, 6.07) is 13.2. The molecule has 102 valence electrons. The zero-order valence-electron chi connectivity index (χ0n) is 11.5. The van der Waals surface area contributed by atoms with E-state index in [9.17, 15) is 5.26 Å². The molecule has 0 radical (unpaired) electrons. The van der Waals surface area contributed by atoms with Crippen molar-refractivity contribution < 1.29 is 0 Å². The van der Waals surface area contributed by atoms with Gasteiger partial charge in [-0.05, 0) is 31.2 Å². The Morgan fingerprint density at radius 1 is 1.24 bits per heavy atom. The van der Waals surface area contributed by atoms with Crippen LogP contribution in [0.4, 0.5) is 5.69 Å². The summed E-state index contributed by atoms with van der Waals surface area (Å²) in [5, 5.41) is 9.27. The molecule has 5 heteroatoms. The van der Waals surface area contributed by atoms with Crippen LogP contribution in [-0.4, -0.2) is 14.5 Å². The van der Waals surface area contributed by atoms with Gasteiger partial charge in [-0.15, -0.1) is 0 Å². The van der Waals surface area contributed by atoms with Crippen molar-refractivity contribution in [1.82, 2.24) is 14.5 Å². The van der Waals surface area contributed by atoms with Gasteiger partial charge in [0, 0.05) is 29.3 Å². The molecular weight excluding hydrogens is 262 g/mol. The molecule has 2 aromatic heterocycles. The lowest BCUT2D eigenvalue weighted by molar-refractivity contribution is 0.977. The number of hydrogen-bond donors (Lipinski definition) is 1. The van der Waals surface area contributed by atoms with E-state index in [4.69, 9.17) is 5.73 Å². The number of anilines is 1. The Hall–Kier alpha value is -3.13. The Kier molecular flexibility index (Phi) is 3.13. The van der Waals surface area contributed by atoms with E-state index in [1.165, 1.54) is 0 Å². The highest BCUT2D eigenvalue weighted by atomic mass is 15.1. The number of nitrogens with zero attached hydrogens (tertiary/aromatic N) is 4. The van der Waals surface area contributed by atoms with Gasteiger partial charge in [0.15, 0.2) is 5.82 Å². The largest absolute Gasteiger partial charge is 0.399 e. The minimum Gasteiger partial charge on any atom is -0.399 e. The number of imidazole rings is 1. The molecule has 0 unspecified atom stereocenters. The maximum absolute atomic E-state index is 9.27. The second-order valence-electron chi connectivity index (χ2n) is 4.68. The highest BCUT2D eigenvalue weighted by Gasteiger charge is 2.12. The van der Waals surface area contributed by atoms with Crippen LogP contribution in [0.3, 0.4) is 0 Å². The van der Waals surface area contributed by atoms with Gasteiger partial charge in [0.25, 0.3) is 0 Å². The Balaban J connectivity index is 2.21. The predicted octanol–water partition coefficient (Wildman–Crippen LogP) is 2.70. The summed E-state index contributed by atoms with van der Waals surface area (Å²) < 4.78 is 1.81. The van der Waals surface area contributed by atoms with E-state index in [0.29, 0.717) is 22.9 Å². The monoisotopic (exact) mass is 275 g/mol. The summed E-state index contributed by atoms with van der Waals surface area (Å²) in [5.74, 6) is 1.28. The standard InChI is InChI=1S/C16H13N5/c1-11-5-6-13(10-17)16(20-11)21-8-7-19-15(21)12-3-2-4-14(18)9-12/h2-9H,18H2,1H3. The van der Waals surface area contributed by atoms with Crippen molar-refractivity contribution in [3.63, 3.8) is 0 Å². The SMILES string of the molecule is Cc1ccc(C#N)c(-n2ccnc2-c2cccc(N)c2)n1. The maximum Gasteiger partial charge on any atom is 0.156 e. The summed E-state index contributed by atoms with van der Waals surface area (Å²) in [7, 11) is 0. The van der Waals surface area contributed by atoms with Crippen LogP contribution in [-0.2, 0) is 0 Å². The van der Waals surface area contributed by atoms with Crippen LogP contribution in [0.5, 0.6) is 0 Å². The molecule has 2 N–H and O–H groups in total. The molecule has 0 bridgehead atoms. The second-order valence-corrected chi connectivity index (χ2v) is 4.68. The highest BCUT2D eigenvalue weighted by Crippen LogP contribution is 2.23. The molecule has 0 saturated heterocycles. The van der Waals surface area contributed by atoms with Crippen molar-refractivity contribution in [2.75, 3.05) is 5.73 Å². The molecule has 0 aliphatic rings. The van der Waals surface area contributed by atoms with Crippen LogP contribution in [0, 0.1) is 18.3 Å². The molecule has 3 rings (SSSR count). The molecule has 0 saturated carbocycles. The smallest absolute Gasteiger partial charge is 0.156 e. The first-order valence-corrected chi connectivity index (χ1v) is 6.46. The van der Waals surface area contributed by atoms with E-state index in [1.54, 1.807) is 23.0 Å². The molecule has 2 heterocycles. The van der Waals surface area contributed by atoms with E-state index in [1.807, 2.05) is 37.3 Å². The maximum atomic E-state index is 9.27. The number of benzene rings is 1. The summed E-state index contributed by atoms with van der Waals surface area (Å²) in [4.78, 5) is 8.83. The van der Waals surface area contributed by atoms with Gasteiger partial charge < -0.3 is 5.73 Å². The Labute approximate surface area is 122 Å². The first-order valence-electron chi connectivity index (χ1n) is 6.46. The number of hydrogen-bond acceptors (Lipinski definition) is 4. The zero-order chi connectivity index (χ0) is 14.8. The fourth-order valence-corrected chi connectivity index (χ4v) is 2.18. The third-order valence-electron chi connectivity index (χ3n) is 3.15. The number of nitrogen functional groups attached to an aromatic ring is 1. The van der Waals surface area contributed by atoms with E-state index < -0.39 is 0 Å². The van der Waals surface area contributed by atoms with Gasteiger partial charge in [-0.25, -0.2) is 9.97 Å². The first kappa shape index (κ1) is 12.9. The molecule has 0 aliphatic carbocycles. The van der Waals surface area contributed by atoms with E-state index >= 15 is 0 Å². The molecule has 21 heavy (non-hydrogen) atoms. The normalized spacial score (nSPS) is 10.3. The van der Waals surface area contributed by atoms with Crippen LogP contribution in [0.15, 0.2) is 48.8 Å². The Morgan fingerprint density at radius 2 is 2.10 bits per heavy atom. The Bertz CT molecular complexity index is 842. The number of aryl methyl sites for hydroxylation is 1. The quantitative estimate of drug-likeness (QED) is 0.729. The Morgan fingerprint density at radius 3 is 2.86 bits per heavy atom. The average molecular weight is 275 g/mol. The minimum atomic E-state index is 0.503. The van der Waals surface area contributed by atoms with Gasteiger partial charge in [0.05, 0.1) is 5.56 Å². The van der Waals surface area contributed by atoms with E-state index in [-0.39, 0.29) is 0 Å². The van der Waals surface area contributed by atoms with E-state index in [0.717, 1.165) is 11.3 Å². The van der Waals surface area contributed by atoms with Crippen LogP contribution >= 0.6 is 0 Å². The van der Waals surface area contributed by atoms with Crippen LogP contribution < -0.4 is 5.73 Å². The van der Waals surface area contributed by atoms with Gasteiger partial charge in [-0.3, -0.25) is 4.57 Å². The predicted molar refractivity (Wildman–Crippen MR) is 80.7 cm³/mol. The summed E-state index contributed by atoms with van der Waals surface area (Å²) in [5.41, 5.74) is 8.72. The van der Waals surface area contributed by atoms with Crippen LogP contribution in [0.25, 0.3) is 17.2 Å². The van der Waals surface area contributed by atoms with Crippen molar-refractivity contribution >= 4 is 5.69 Å². The molecular formula is C16H13N5. The number of nitriles is 1. The molecule has 5 nitrogen and oxygen atoms in total. The van der Waals surface area contributed by atoms with Crippen molar-refractivity contribution in [3.05, 3.63) is 60.0 Å². The lowest BCUT2D eigenvalue weighted by atomic mass is 10.2. The number of pyridine rings is 1. The van der Waals surface area contributed by atoms with Gasteiger partial charge in [-0.1, -0.05) is 12.1 Å². The van der Waals surface area contributed by atoms with Gasteiger partial charge >= 0.3 is 0 Å². The first-order chi connectivity index (χ1) is 10.2. The second kappa shape index (κ2) is 5.10. The molecule has 0 aliphatic heterocycles. The summed E-state index contributed by atoms with van der Waals surface area (Å²) in [6.07, 6.45) is 3.48. The third-order valence-corrected chi connectivity index (χ3v) is 3.15. The molecule has 0 spiro atoms. The zero-order valence-corrected chi connectivity index (χ0v) is 11.5. The van der Waals surface area contributed by atoms with Crippen molar-refractivity contribution in [3.8, 4) is 23.3 Å². The third kappa shape index (κ3) is 2.35. The van der Waals surface area contributed by atoms with E-state index in [2.05, 4.69) is 16.0 Å². The molecule has 0 amide bonds. The lowest BCUT2D eigenvalue weighted by Crippen LogP contribution is -2.03. The molecule has 1 aromatic carbocycles. The van der Waals surface area contributed by atoms with Crippen molar-refractivity contribution in [2.45, 2.75) is 6.92 Å². The summed E-state index contributed by atoms with van der Waals surface area (Å²) in [6.45, 7) is 1.89. The minimum absolute atomic E-state index is 0.503. The van der Waals surface area contributed by atoms with Gasteiger partial charge in [0.1, 0.15) is 11.9 Å². The number of aromatic nitrogens is 3. The summed E-state index contributed by atoms with van der Waals surface area (Å²) >= 11 is 0. The lowest BCUT2D eigenvalue weighted by Gasteiger charge is -2.10. The van der Waals surface area contributed by atoms with Crippen molar-refractivity contribution in [1.29, 1.82) is 5.26 Å². The fourth-order valence-electron chi connectivity index (χ4n) is 2.18. The average Bonchev–Trinajstić information content (AvgIpc) is 2.96. The van der Waals surface area contributed by atoms with Gasteiger partial charge in [-0.2, -0.15) is 5.26 Å². The topological polar surface area (TPSA) is 80.5 Å². The van der Waals surface area contributed by atoms with Crippen molar-refractivity contribution in [2.24, 2.45) is 0 Å². The van der Waals surface area contributed by atoms with Gasteiger partial charge in [0.2, 0.25) is 0 Å². The molecule has 0 atom stereocenters.